The van der Waals surface area contributed by atoms with Crippen LogP contribution in [0.3, 0.4) is 0 Å². The molecule has 0 spiro atoms. The predicted octanol–water partition coefficient (Wildman–Crippen LogP) is -2.43. The van der Waals surface area contributed by atoms with Crippen LogP contribution >= 0.6 is 0 Å². The second-order valence-electron chi connectivity index (χ2n) is 0. The van der Waals surface area contributed by atoms with Crippen molar-refractivity contribution in [3.05, 3.63) is 0 Å². The second kappa shape index (κ2) is 92.9. The van der Waals surface area contributed by atoms with E-state index in [1.807, 2.05) is 0 Å². The molecule has 0 amide bonds. The van der Waals surface area contributed by atoms with E-state index in [0.717, 1.165) is 0 Å². The molecule has 5 heteroatoms. The van der Waals surface area contributed by atoms with E-state index in [2.05, 4.69) is 0 Å². The molecule has 0 N–H and O–H groups in total. The minimum absolute atomic E-state index is 0. The average Bonchev–Trinajstić information content (AvgIpc) is 0. The van der Waals surface area contributed by atoms with Crippen molar-refractivity contribution in [3.63, 3.8) is 0 Å². The van der Waals surface area contributed by atoms with Gasteiger partial charge in [0.15, 0.2) is 0 Å². The molecule has 0 saturated carbocycles. The predicted molar refractivity (Wildman–Crippen MR) is 8.62 cm³/mol. The molecule has 0 heterocycles. The van der Waals surface area contributed by atoms with Crippen LogP contribution in [0.25, 0.3) is 0 Å². The minimum atomic E-state index is 0. The van der Waals surface area contributed by atoms with Crippen LogP contribution in [0.15, 0.2) is 0 Å². The van der Waals surface area contributed by atoms with Gasteiger partial charge in [-0.3, -0.25) is 14.1 Å². The SMILES string of the molecule is F.F.F.[Co].[H-].[Li+]. The molecule has 35 valence electrons. The Balaban J connectivity index is 0. The zero-order valence-electron chi connectivity index (χ0n) is 3.56. The molecule has 0 atom stereocenters. The Hall–Kier alpha value is 0.894. The molecule has 0 aliphatic heterocycles. The summed E-state index contributed by atoms with van der Waals surface area (Å²) >= 11 is 0. The third-order valence-corrected chi connectivity index (χ3v) is 0. The summed E-state index contributed by atoms with van der Waals surface area (Å²) in [6.07, 6.45) is 0. The molecule has 0 nitrogen and oxygen atoms in total. The molecule has 0 aliphatic carbocycles. The maximum Gasteiger partial charge on any atom is 1.00 e. The van der Waals surface area contributed by atoms with Gasteiger partial charge in [-0.05, 0) is 0 Å². The Bertz CT molecular complexity index is 10.8. The largest absolute Gasteiger partial charge is 1.00 e. The number of rotatable bonds is 0. The van der Waals surface area contributed by atoms with Gasteiger partial charge in [-0.2, -0.15) is 0 Å². The van der Waals surface area contributed by atoms with Crippen LogP contribution in [0, 0.1) is 0 Å². The molecular formula is H4CoF3Li. The molecule has 5 heavy (non-hydrogen) atoms. The summed E-state index contributed by atoms with van der Waals surface area (Å²) in [5.41, 5.74) is 0. The van der Waals surface area contributed by atoms with Gasteiger partial charge in [0.2, 0.25) is 0 Å². The van der Waals surface area contributed by atoms with E-state index in [1.165, 1.54) is 0 Å². The smallest absolute Gasteiger partial charge is 1.00 e. The van der Waals surface area contributed by atoms with Crippen molar-refractivity contribution in [1.82, 2.24) is 0 Å². The van der Waals surface area contributed by atoms with Gasteiger partial charge in [0.1, 0.15) is 0 Å². The van der Waals surface area contributed by atoms with Crippen LogP contribution in [-0.2, 0) is 16.8 Å². The normalized spacial score (nSPS) is 0. The first-order chi connectivity index (χ1) is 0. The summed E-state index contributed by atoms with van der Waals surface area (Å²) in [4.78, 5) is 0. The molecule has 0 bridgehead atoms. The van der Waals surface area contributed by atoms with Gasteiger partial charge in [-0.15, -0.1) is 0 Å². The summed E-state index contributed by atoms with van der Waals surface area (Å²) in [6, 6.07) is 0. The molecule has 0 unspecified atom stereocenters. The van der Waals surface area contributed by atoms with Crippen molar-refractivity contribution in [2.45, 2.75) is 0 Å². The Morgan fingerprint density at radius 3 is 0.800 bits per heavy atom. The maximum atomic E-state index is 0. The molecule has 1 radical (unpaired) electrons. The van der Waals surface area contributed by atoms with E-state index in [4.69, 9.17) is 0 Å². The van der Waals surface area contributed by atoms with Gasteiger partial charge in [0.25, 0.3) is 0 Å². The van der Waals surface area contributed by atoms with Gasteiger partial charge in [-0.1, -0.05) is 0 Å². The van der Waals surface area contributed by atoms with E-state index >= 15 is 0 Å². The first-order valence-corrected chi connectivity index (χ1v) is 0. The fraction of sp³-hybridized carbons (Fsp3) is 0. The van der Waals surface area contributed by atoms with E-state index < -0.39 is 0 Å². The van der Waals surface area contributed by atoms with Gasteiger partial charge in [0.05, 0.1) is 0 Å². The monoisotopic (exact) mass is 127 g/mol. The van der Waals surface area contributed by atoms with Crippen LogP contribution in [-0.4, -0.2) is 0 Å². The van der Waals surface area contributed by atoms with E-state index in [0.29, 0.717) is 0 Å². The van der Waals surface area contributed by atoms with Crippen molar-refractivity contribution in [2.75, 3.05) is 0 Å². The molecule has 0 aromatic heterocycles. The van der Waals surface area contributed by atoms with E-state index in [-0.39, 0.29) is 51.2 Å². The number of halogens is 3. The summed E-state index contributed by atoms with van der Waals surface area (Å²) < 4.78 is 0. The number of hydrogen-bond acceptors (Lipinski definition) is 0. The van der Waals surface area contributed by atoms with Crippen molar-refractivity contribution < 1.29 is 51.2 Å². The first kappa shape index (κ1) is 177. The molecule has 0 aromatic carbocycles. The second-order valence-corrected chi connectivity index (χ2v) is 0. The first-order valence-electron chi connectivity index (χ1n) is 0. The Morgan fingerprint density at radius 2 is 0.800 bits per heavy atom. The van der Waals surface area contributed by atoms with Crippen molar-refractivity contribution in [2.24, 2.45) is 0 Å². The van der Waals surface area contributed by atoms with Crippen LogP contribution in [0.5, 0.6) is 0 Å². The van der Waals surface area contributed by atoms with Gasteiger partial charge in [0, 0.05) is 16.8 Å². The zero-order valence-corrected chi connectivity index (χ0v) is 3.60. The third kappa shape index (κ3) is 51.3. The minimum Gasteiger partial charge on any atom is -1.00 e. The average molecular weight is 127 g/mol. The molecule has 0 fully saturated rings. The molecule has 0 rings (SSSR count). The summed E-state index contributed by atoms with van der Waals surface area (Å²) in [5, 5.41) is 0. The fourth-order valence-corrected chi connectivity index (χ4v) is 0. The van der Waals surface area contributed by atoms with E-state index in [1.54, 1.807) is 0 Å². The summed E-state index contributed by atoms with van der Waals surface area (Å²) in [5.74, 6) is 0. The summed E-state index contributed by atoms with van der Waals surface area (Å²) in [6.45, 7) is 0. The quantitative estimate of drug-likeness (QED) is 0.317. The fourth-order valence-electron chi connectivity index (χ4n) is 0. The molecular weight excluding hydrogens is 123 g/mol. The van der Waals surface area contributed by atoms with E-state index in [9.17, 15) is 0 Å². The molecule has 0 saturated heterocycles. The maximum absolute atomic E-state index is 0. The van der Waals surface area contributed by atoms with Crippen molar-refractivity contribution in [1.29, 1.82) is 0 Å². The van der Waals surface area contributed by atoms with Gasteiger partial charge < -0.3 is 1.43 Å². The topological polar surface area (TPSA) is 0 Å². The van der Waals surface area contributed by atoms with Gasteiger partial charge >= 0.3 is 18.9 Å². The van der Waals surface area contributed by atoms with Crippen LogP contribution in [0.2, 0.25) is 0 Å². The van der Waals surface area contributed by atoms with Crippen LogP contribution < -0.4 is 18.9 Å². The summed E-state index contributed by atoms with van der Waals surface area (Å²) in [7, 11) is 0. The Morgan fingerprint density at radius 1 is 0.800 bits per heavy atom. The van der Waals surface area contributed by atoms with Crippen molar-refractivity contribution in [3.8, 4) is 0 Å². The third-order valence-electron chi connectivity index (χ3n) is 0. The van der Waals surface area contributed by atoms with Gasteiger partial charge in [-0.25, -0.2) is 0 Å². The standard InChI is InChI=1S/Co.3FH.Li.H/h;3*1H;;/q;;;;+1;-1. The van der Waals surface area contributed by atoms with Crippen LogP contribution in [0.1, 0.15) is 1.43 Å². The van der Waals surface area contributed by atoms with Crippen LogP contribution in [0.4, 0.5) is 14.1 Å². The number of hydrogen-bond donors (Lipinski definition) is 0. The zero-order chi connectivity index (χ0) is 0. The Labute approximate surface area is 51.7 Å². The van der Waals surface area contributed by atoms with Crippen molar-refractivity contribution >= 4 is 0 Å². The molecule has 0 aliphatic rings. The Kier molecular flexibility index (Phi) is 3280. The molecule has 0 aromatic rings.